The molecular weight excluding hydrogens is 466 g/mol. The number of nitrogens with one attached hydrogen (secondary N) is 1. The molecule has 10 nitrogen and oxygen atoms in total. The fourth-order valence-electron chi connectivity index (χ4n) is 3.25. The molecule has 0 heterocycles. The number of hydrogen-bond donors (Lipinski definition) is 1. The molecule has 2 rings (SSSR count). The van der Waals surface area contributed by atoms with Crippen LogP contribution in [0, 0.1) is 0 Å². The van der Waals surface area contributed by atoms with E-state index in [2.05, 4.69) is 0 Å². The quantitative estimate of drug-likeness (QED) is 0.365. The highest BCUT2D eigenvalue weighted by Crippen LogP contribution is 2.38. The van der Waals surface area contributed by atoms with Crippen LogP contribution in [-0.4, -0.2) is 62.8 Å². The number of methoxy groups -OCH3 is 6. The minimum absolute atomic E-state index is 0.209. The first kappa shape index (κ1) is 27.0. The molecule has 0 unspecified atom stereocenters. The molecule has 1 amide bonds. The van der Waals surface area contributed by atoms with E-state index in [0.717, 1.165) is 11.5 Å². The normalized spacial score (nSPS) is 15.6. The Kier molecular flexibility index (Phi) is 9.30. The van der Waals surface area contributed by atoms with Gasteiger partial charge in [0.1, 0.15) is 0 Å². The standard InChI is InChI=1S/C23H29NO9S/c1-28-18-13-17(14-19(29-2)22(18)31-4)8-10-21(25)24-34(26,27)12-11-16-7-9-20(30-3)23(15-16,32-5)33-6/h7-14H,15H2,1-6H3,(H,24,25)/b10-8+,12-11+. The summed E-state index contributed by atoms with van der Waals surface area (Å²) in [5.74, 6) is -0.364. The molecule has 0 fully saturated rings. The van der Waals surface area contributed by atoms with Crippen LogP contribution >= 0.6 is 0 Å². The zero-order chi connectivity index (χ0) is 25.4. The fraction of sp³-hybridized carbons (Fsp3) is 0.348. The summed E-state index contributed by atoms with van der Waals surface area (Å²) in [5.41, 5.74) is 1.14. The maximum absolute atomic E-state index is 12.4. The molecule has 1 aromatic rings. The Morgan fingerprint density at radius 2 is 1.53 bits per heavy atom. The van der Waals surface area contributed by atoms with Gasteiger partial charge in [0.25, 0.3) is 15.9 Å². The summed E-state index contributed by atoms with van der Waals surface area (Å²) < 4.78 is 58.6. The molecule has 1 N–H and O–H groups in total. The molecule has 11 heteroatoms. The molecule has 34 heavy (non-hydrogen) atoms. The van der Waals surface area contributed by atoms with Gasteiger partial charge in [-0.25, -0.2) is 13.1 Å². The Balaban J connectivity index is 2.13. The fourth-order valence-corrected chi connectivity index (χ4v) is 4.02. The Bertz CT molecular complexity index is 1090. The van der Waals surface area contributed by atoms with E-state index in [4.69, 9.17) is 28.4 Å². The van der Waals surface area contributed by atoms with E-state index >= 15 is 0 Å². The van der Waals surface area contributed by atoms with Crippen molar-refractivity contribution < 1.29 is 41.6 Å². The summed E-state index contributed by atoms with van der Waals surface area (Å²) >= 11 is 0. The number of sulfonamides is 1. The highest BCUT2D eigenvalue weighted by molar-refractivity contribution is 7.92. The van der Waals surface area contributed by atoms with Crippen molar-refractivity contribution in [1.29, 1.82) is 0 Å². The zero-order valence-electron chi connectivity index (χ0n) is 19.9. The Morgan fingerprint density at radius 1 is 0.912 bits per heavy atom. The Morgan fingerprint density at radius 3 is 2.03 bits per heavy atom. The Labute approximate surface area is 199 Å². The van der Waals surface area contributed by atoms with Crippen LogP contribution in [-0.2, 0) is 29.0 Å². The first-order valence-corrected chi connectivity index (χ1v) is 11.5. The van der Waals surface area contributed by atoms with E-state index in [1.807, 2.05) is 4.72 Å². The molecule has 0 aromatic heterocycles. The molecule has 186 valence electrons. The number of ether oxygens (including phenoxy) is 6. The van der Waals surface area contributed by atoms with Crippen molar-refractivity contribution in [2.75, 3.05) is 42.7 Å². The number of benzene rings is 1. The van der Waals surface area contributed by atoms with E-state index in [1.165, 1.54) is 54.8 Å². The molecule has 0 aliphatic heterocycles. The second kappa shape index (κ2) is 11.7. The van der Waals surface area contributed by atoms with Gasteiger partial charge in [0, 0.05) is 26.7 Å². The molecule has 0 atom stereocenters. The van der Waals surface area contributed by atoms with Crippen LogP contribution in [0.25, 0.3) is 6.08 Å². The van der Waals surface area contributed by atoms with Gasteiger partial charge in [-0.05, 0) is 41.5 Å². The van der Waals surface area contributed by atoms with Crippen LogP contribution in [0.1, 0.15) is 12.0 Å². The third kappa shape index (κ3) is 6.40. The van der Waals surface area contributed by atoms with Crippen LogP contribution in [0.3, 0.4) is 0 Å². The maximum Gasteiger partial charge on any atom is 0.257 e. The lowest BCUT2D eigenvalue weighted by Gasteiger charge is -2.34. The average Bonchev–Trinajstić information content (AvgIpc) is 2.84. The van der Waals surface area contributed by atoms with E-state index in [1.54, 1.807) is 24.3 Å². The van der Waals surface area contributed by atoms with Crippen LogP contribution in [0.2, 0.25) is 0 Å². The van der Waals surface area contributed by atoms with Crippen LogP contribution < -0.4 is 18.9 Å². The van der Waals surface area contributed by atoms with Crippen LogP contribution in [0.15, 0.2) is 53.2 Å². The zero-order valence-corrected chi connectivity index (χ0v) is 20.7. The van der Waals surface area contributed by atoms with Gasteiger partial charge < -0.3 is 28.4 Å². The van der Waals surface area contributed by atoms with Gasteiger partial charge in [-0.1, -0.05) is 6.08 Å². The van der Waals surface area contributed by atoms with E-state index in [0.29, 0.717) is 34.1 Å². The van der Waals surface area contributed by atoms with Crippen LogP contribution in [0.5, 0.6) is 17.2 Å². The molecule has 0 saturated heterocycles. The summed E-state index contributed by atoms with van der Waals surface area (Å²) in [4.78, 5) is 12.2. The lowest BCUT2D eigenvalue weighted by Crippen LogP contribution is -2.38. The van der Waals surface area contributed by atoms with Gasteiger partial charge in [-0.15, -0.1) is 0 Å². The number of allylic oxidation sites excluding steroid dienone is 3. The van der Waals surface area contributed by atoms with Gasteiger partial charge >= 0.3 is 0 Å². The van der Waals surface area contributed by atoms with Gasteiger partial charge in [0.2, 0.25) is 11.5 Å². The smallest absolute Gasteiger partial charge is 0.257 e. The predicted molar refractivity (Wildman–Crippen MR) is 126 cm³/mol. The molecule has 0 spiro atoms. The summed E-state index contributed by atoms with van der Waals surface area (Å²) in [7, 11) is 4.74. The predicted octanol–water partition coefficient (Wildman–Crippen LogP) is 2.53. The monoisotopic (exact) mass is 495 g/mol. The summed E-state index contributed by atoms with van der Waals surface area (Å²) in [6.07, 6.45) is 7.37. The lowest BCUT2D eigenvalue weighted by molar-refractivity contribution is -0.199. The first-order valence-electron chi connectivity index (χ1n) is 9.96. The van der Waals surface area contributed by atoms with Gasteiger partial charge in [0.05, 0.1) is 33.8 Å². The van der Waals surface area contributed by atoms with Crippen molar-refractivity contribution >= 4 is 22.0 Å². The molecule has 0 bridgehead atoms. The maximum atomic E-state index is 12.4. The van der Waals surface area contributed by atoms with Gasteiger partial charge in [0.15, 0.2) is 17.3 Å². The number of carbonyl (C=O) groups excluding carboxylic acids is 1. The second-order valence-corrected chi connectivity index (χ2v) is 8.49. The first-order chi connectivity index (χ1) is 16.2. The molecule has 0 radical (unpaired) electrons. The highest BCUT2D eigenvalue weighted by Gasteiger charge is 2.38. The van der Waals surface area contributed by atoms with E-state index in [-0.39, 0.29) is 6.42 Å². The molecule has 0 saturated carbocycles. The number of carbonyl (C=O) groups is 1. The van der Waals surface area contributed by atoms with Crippen molar-refractivity contribution in [2.45, 2.75) is 12.2 Å². The van der Waals surface area contributed by atoms with Crippen molar-refractivity contribution in [3.63, 3.8) is 0 Å². The largest absolute Gasteiger partial charge is 0.495 e. The molecule has 1 aliphatic rings. The highest BCUT2D eigenvalue weighted by atomic mass is 32.2. The number of rotatable bonds is 11. The van der Waals surface area contributed by atoms with Gasteiger partial charge in [-0.2, -0.15) is 0 Å². The molecule has 1 aromatic carbocycles. The van der Waals surface area contributed by atoms with Crippen LogP contribution in [0.4, 0.5) is 0 Å². The lowest BCUT2D eigenvalue weighted by atomic mass is 9.97. The van der Waals surface area contributed by atoms with E-state index < -0.39 is 21.7 Å². The molecular formula is C23H29NO9S. The summed E-state index contributed by atoms with van der Waals surface area (Å²) in [6.45, 7) is 0. The number of amides is 1. The third-order valence-corrected chi connectivity index (χ3v) is 5.94. The third-order valence-electron chi connectivity index (χ3n) is 4.96. The van der Waals surface area contributed by atoms with Crippen molar-refractivity contribution in [1.82, 2.24) is 4.72 Å². The van der Waals surface area contributed by atoms with Crippen molar-refractivity contribution in [3.05, 3.63) is 58.7 Å². The SMILES string of the molecule is COC1=CC=C(/C=C/S(=O)(=O)NC(=O)/C=C/c2cc(OC)c(OC)c(OC)c2)CC1(OC)OC. The minimum Gasteiger partial charge on any atom is -0.495 e. The summed E-state index contributed by atoms with van der Waals surface area (Å²) in [6, 6.07) is 3.24. The number of hydrogen-bond acceptors (Lipinski definition) is 9. The second-order valence-electron chi connectivity index (χ2n) is 6.92. The minimum atomic E-state index is -4.07. The van der Waals surface area contributed by atoms with Gasteiger partial charge in [-0.3, -0.25) is 4.79 Å². The average molecular weight is 496 g/mol. The van der Waals surface area contributed by atoms with Crippen molar-refractivity contribution in [2.24, 2.45) is 0 Å². The summed E-state index contributed by atoms with van der Waals surface area (Å²) in [5, 5.41) is 0.895. The molecule has 1 aliphatic carbocycles. The Hall–Kier alpha value is -3.28. The topological polar surface area (TPSA) is 119 Å². The van der Waals surface area contributed by atoms with Crippen molar-refractivity contribution in [3.8, 4) is 17.2 Å². The van der Waals surface area contributed by atoms with E-state index in [9.17, 15) is 13.2 Å².